The van der Waals surface area contributed by atoms with Crippen LogP contribution >= 0.6 is 0 Å². The second kappa shape index (κ2) is 8.15. The van der Waals surface area contributed by atoms with Gasteiger partial charge in [-0.1, -0.05) is 72.8 Å². The number of rotatable bonds is 6. The number of esters is 1. The highest BCUT2D eigenvalue weighted by Gasteiger charge is 2.18. The van der Waals surface area contributed by atoms with Gasteiger partial charge in [-0.15, -0.1) is 0 Å². The molecule has 3 rings (SSSR count). The first-order valence-corrected chi connectivity index (χ1v) is 8.29. The second-order valence-corrected chi connectivity index (χ2v) is 5.86. The van der Waals surface area contributed by atoms with Crippen LogP contribution in [0.3, 0.4) is 0 Å². The molecular weight excluding hydrogens is 312 g/mol. The van der Waals surface area contributed by atoms with Gasteiger partial charge in [0.05, 0.1) is 0 Å². The molecule has 0 saturated heterocycles. The molecule has 3 nitrogen and oxygen atoms in total. The minimum atomic E-state index is -0.408. The Morgan fingerprint density at radius 2 is 1.32 bits per heavy atom. The molecule has 0 amide bonds. The maximum atomic E-state index is 12.4. The van der Waals surface area contributed by atoms with Gasteiger partial charge in [-0.3, -0.25) is 4.79 Å². The van der Waals surface area contributed by atoms with Crippen LogP contribution in [-0.4, -0.2) is 11.1 Å². The van der Waals surface area contributed by atoms with Gasteiger partial charge in [0.2, 0.25) is 0 Å². The van der Waals surface area contributed by atoms with Crippen molar-refractivity contribution in [3.05, 3.63) is 102 Å². The maximum absolute atomic E-state index is 12.4. The topological polar surface area (TPSA) is 46.5 Å². The maximum Gasteiger partial charge on any atom is 0.307 e. The molecule has 3 heteroatoms. The predicted octanol–water partition coefficient (Wildman–Crippen LogP) is 4.66. The zero-order valence-electron chi connectivity index (χ0n) is 13.8. The Kier molecular flexibility index (Phi) is 5.47. The molecule has 3 aromatic carbocycles. The van der Waals surface area contributed by atoms with E-state index in [1.807, 2.05) is 72.8 Å². The van der Waals surface area contributed by atoms with Crippen molar-refractivity contribution in [3.8, 4) is 5.75 Å². The summed E-state index contributed by atoms with van der Waals surface area (Å²) in [7, 11) is 0. The lowest BCUT2D eigenvalue weighted by Gasteiger charge is -2.19. The molecule has 25 heavy (non-hydrogen) atoms. The van der Waals surface area contributed by atoms with Gasteiger partial charge in [-0.05, 0) is 35.2 Å². The van der Waals surface area contributed by atoms with Crippen molar-refractivity contribution < 1.29 is 14.6 Å². The molecule has 126 valence electrons. The summed E-state index contributed by atoms with van der Waals surface area (Å²) in [5, 5.41) is 9.31. The summed E-state index contributed by atoms with van der Waals surface area (Å²) in [6, 6.07) is 26.4. The van der Waals surface area contributed by atoms with Crippen LogP contribution in [0.25, 0.3) is 0 Å². The van der Waals surface area contributed by atoms with Crippen LogP contribution < -0.4 is 0 Å². The van der Waals surface area contributed by atoms with Crippen LogP contribution in [0.4, 0.5) is 0 Å². The van der Waals surface area contributed by atoms with Crippen LogP contribution in [-0.2, 0) is 16.0 Å². The highest BCUT2D eigenvalue weighted by molar-refractivity contribution is 5.70. The molecule has 0 fully saturated rings. The Morgan fingerprint density at radius 1 is 0.800 bits per heavy atom. The van der Waals surface area contributed by atoms with Crippen LogP contribution in [0.5, 0.6) is 5.75 Å². The van der Waals surface area contributed by atoms with Gasteiger partial charge in [-0.2, -0.15) is 0 Å². The molecule has 0 aromatic heterocycles. The van der Waals surface area contributed by atoms with Crippen molar-refractivity contribution >= 4 is 5.97 Å². The van der Waals surface area contributed by atoms with Gasteiger partial charge in [0.15, 0.2) is 6.10 Å². The molecule has 1 N–H and O–H groups in total. The summed E-state index contributed by atoms with van der Waals surface area (Å²) in [5.74, 6) is -0.0228. The highest BCUT2D eigenvalue weighted by atomic mass is 16.5. The molecule has 0 heterocycles. The zero-order valence-corrected chi connectivity index (χ0v) is 13.8. The van der Waals surface area contributed by atoms with Crippen molar-refractivity contribution in [2.24, 2.45) is 0 Å². The number of hydrogen-bond donors (Lipinski definition) is 1. The Morgan fingerprint density at radius 3 is 1.84 bits per heavy atom. The SMILES string of the molecule is O=C(CCc1ccc(O)cc1)OC(c1ccccc1)c1ccccc1. The van der Waals surface area contributed by atoms with Crippen molar-refractivity contribution in [3.63, 3.8) is 0 Å². The molecule has 3 aromatic rings. The Bertz CT molecular complexity index is 756. The van der Waals surface area contributed by atoms with E-state index >= 15 is 0 Å². The number of ether oxygens (including phenoxy) is 1. The minimum Gasteiger partial charge on any atom is -0.508 e. The van der Waals surface area contributed by atoms with E-state index < -0.39 is 6.10 Å². The third kappa shape index (κ3) is 4.70. The zero-order chi connectivity index (χ0) is 17.5. The molecule has 0 aliphatic carbocycles. The van der Waals surface area contributed by atoms with Crippen molar-refractivity contribution in [1.82, 2.24) is 0 Å². The van der Waals surface area contributed by atoms with Crippen molar-refractivity contribution in [1.29, 1.82) is 0 Å². The Balaban J connectivity index is 1.69. The first-order chi connectivity index (χ1) is 12.2. The van der Waals surface area contributed by atoms with E-state index in [9.17, 15) is 9.90 Å². The van der Waals surface area contributed by atoms with Crippen LogP contribution in [0.15, 0.2) is 84.9 Å². The normalized spacial score (nSPS) is 10.6. The molecule has 0 saturated carbocycles. The predicted molar refractivity (Wildman–Crippen MR) is 97.2 cm³/mol. The standard InChI is InChI=1S/C22H20O3/c23-20-14-11-17(12-15-20)13-16-21(24)25-22(18-7-3-1-4-8-18)19-9-5-2-6-10-19/h1-12,14-15,22-23H,13,16H2. The number of phenols is 1. The lowest BCUT2D eigenvalue weighted by molar-refractivity contribution is -0.147. The van der Waals surface area contributed by atoms with Crippen molar-refractivity contribution in [2.75, 3.05) is 0 Å². The highest BCUT2D eigenvalue weighted by Crippen LogP contribution is 2.26. The quantitative estimate of drug-likeness (QED) is 0.668. The average Bonchev–Trinajstić information content (AvgIpc) is 2.67. The first-order valence-electron chi connectivity index (χ1n) is 8.29. The fourth-order valence-corrected chi connectivity index (χ4v) is 2.68. The molecule has 0 aliphatic rings. The summed E-state index contributed by atoms with van der Waals surface area (Å²) in [5.41, 5.74) is 2.89. The molecule has 0 bridgehead atoms. The molecule has 0 aliphatic heterocycles. The van der Waals surface area contributed by atoms with E-state index in [4.69, 9.17) is 4.74 Å². The van der Waals surface area contributed by atoms with E-state index in [1.165, 1.54) is 0 Å². The second-order valence-electron chi connectivity index (χ2n) is 5.86. The van der Waals surface area contributed by atoms with E-state index in [2.05, 4.69) is 0 Å². The van der Waals surface area contributed by atoms with Crippen LogP contribution in [0.2, 0.25) is 0 Å². The summed E-state index contributed by atoms with van der Waals surface area (Å²) < 4.78 is 5.78. The number of benzene rings is 3. The van der Waals surface area contributed by atoms with Gasteiger partial charge in [0, 0.05) is 6.42 Å². The van der Waals surface area contributed by atoms with E-state index in [0.717, 1.165) is 16.7 Å². The third-order valence-corrected chi connectivity index (χ3v) is 4.01. The first kappa shape index (κ1) is 16.8. The van der Waals surface area contributed by atoms with E-state index in [0.29, 0.717) is 12.8 Å². The fraction of sp³-hybridized carbons (Fsp3) is 0.136. The molecule has 0 radical (unpaired) electrons. The minimum absolute atomic E-state index is 0.222. The largest absolute Gasteiger partial charge is 0.508 e. The third-order valence-electron chi connectivity index (χ3n) is 4.01. The summed E-state index contributed by atoms with van der Waals surface area (Å²) in [6.45, 7) is 0. The van der Waals surface area contributed by atoms with Crippen LogP contribution in [0.1, 0.15) is 29.2 Å². The average molecular weight is 332 g/mol. The molecular formula is C22H20O3. The van der Waals surface area contributed by atoms with Gasteiger partial charge in [0.25, 0.3) is 0 Å². The number of hydrogen-bond acceptors (Lipinski definition) is 3. The van der Waals surface area contributed by atoms with Gasteiger partial charge in [-0.25, -0.2) is 0 Å². The van der Waals surface area contributed by atoms with Gasteiger partial charge in [0.1, 0.15) is 5.75 Å². The smallest absolute Gasteiger partial charge is 0.307 e. The fourth-order valence-electron chi connectivity index (χ4n) is 2.68. The monoisotopic (exact) mass is 332 g/mol. The lowest BCUT2D eigenvalue weighted by atomic mass is 10.0. The van der Waals surface area contributed by atoms with Gasteiger partial charge >= 0.3 is 5.97 Å². The van der Waals surface area contributed by atoms with Crippen LogP contribution in [0, 0.1) is 0 Å². The lowest BCUT2D eigenvalue weighted by Crippen LogP contribution is -2.13. The van der Waals surface area contributed by atoms with Crippen molar-refractivity contribution in [2.45, 2.75) is 18.9 Å². The van der Waals surface area contributed by atoms with Gasteiger partial charge < -0.3 is 9.84 Å². The number of phenolic OH excluding ortho intramolecular Hbond substituents is 1. The summed E-state index contributed by atoms with van der Waals surface area (Å²) in [6.07, 6.45) is 0.464. The molecule has 0 unspecified atom stereocenters. The number of carbonyl (C=O) groups excluding carboxylic acids is 1. The summed E-state index contributed by atoms with van der Waals surface area (Å²) >= 11 is 0. The Hall–Kier alpha value is -3.07. The van der Waals surface area contributed by atoms with E-state index in [-0.39, 0.29) is 11.7 Å². The number of aryl methyl sites for hydroxylation is 1. The number of carbonyl (C=O) groups is 1. The van der Waals surface area contributed by atoms with E-state index in [1.54, 1.807) is 12.1 Å². The number of aromatic hydroxyl groups is 1. The molecule has 0 spiro atoms. The summed E-state index contributed by atoms with van der Waals surface area (Å²) in [4.78, 5) is 12.4. The molecule has 0 atom stereocenters. The Labute approximate surface area is 147 Å².